The van der Waals surface area contributed by atoms with Crippen LogP contribution in [0, 0.1) is 6.92 Å². The molecule has 1 heterocycles. The minimum Gasteiger partial charge on any atom is -0.506 e. The van der Waals surface area contributed by atoms with Crippen LogP contribution in [0.15, 0.2) is 53.1 Å². The second kappa shape index (κ2) is 6.55. The number of phenolic OH excluding ortho intramolecular Hbond substituents is 1. The SMILES string of the molecule is Cc1ccc(O)c(NC(=O)c2coc(-c3ccc(C(F)(F)F)cc3)n2)c1. The summed E-state index contributed by atoms with van der Waals surface area (Å²) in [6, 6.07) is 8.95. The summed E-state index contributed by atoms with van der Waals surface area (Å²) in [5.41, 5.74) is 0.495. The molecule has 0 radical (unpaired) electrons. The number of halogens is 3. The van der Waals surface area contributed by atoms with E-state index in [4.69, 9.17) is 4.42 Å². The largest absolute Gasteiger partial charge is 0.506 e. The van der Waals surface area contributed by atoms with E-state index in [1.807, 2.05) is 0 Å². The first-order valence-corrected chi connectivity index (χ1v) is 7.48. The molecule has 2 aromatic carbocycles. The number of rotatable bonds is 3. The summed E-state index contributed by atoms with van der Waals surface area (Å²) in [6.45, 7) is 1.80. The molecule has 0 saturated carbocycles. The van der Waals surface area contributed by atoms with Crippen LogP contribution in [0.25, 0.3) is 11.5 Å². The quantitative estimate of drug-likeness (QED) is 0.667. The van der Waals surface area contributed by atoms with Crippen molar-refractivity contribution in [3.63, 3.8) is 0 Å². The molecular formula is C18H13F3N2O3. The number of hydrogen-bond acceptors (Lipinski definition) is 4. The smallest absolute Gasteiger partial charge is 0.416 e. The fraction of sp³-hybridized carbons (Fsp3) is 0.111. The van der Waals surface area contributed by atoms with Crippen LogP contribution in [0.2, 0.25) is 0 Å². The topological polar surface area (TPSA) is 75.4 Å². The number of amides is 1. The van der Waals surface area contributed by atoms with Gasteiger partial charge in [0.25, 0.3) is 5.91 Å². The molecule has 134 valence electrons. The van der Waals surface area contributed by atoms with Crippen molar-refractivity contribution in [1.82, 2.24) is 4.98 Å². The van der Waals surface area contributed by atoms with Crippen molar-refractivity contribution in [3.8, 4) is 17.2 Å². The van der Waals surface area contributed by atoms with Gasteiger partial charge in [0, 0.05) is 5.56 Å². The summed E-state index contributed by atoms with van der Waals surface area (Å²) in [6.07, 6.45) is -3.34. The Bertz CT molecular complexity index is 947. The molecule has 2 N–H and O–H groups in total. The van der Waals surface area contributed by atoms with Gasteiger partial charge in [0.15, 0.2) is 5.69 Å². The number of carbonyl (C=O) groups is 1. The van der Waals surface area contributed by atoms with E-state index in [1.54, 1.807) is 19.1 Å². The highest BCUT2D eigenvalue weighted by Crippen LogP contribution is 2.31. The van der Waals surface area contributed by atoms with Crippen LogP contribution in [0.1, 0.15) is 21.6 Å². The van der Waals surface area contributed by atoms with Gasteiger partial charge in [-0.25, -0.2) is 4.98 Å². The predicted octanol–water partition coefficient (Wildman–Crippen LogP) is 4.63. The van der Waals surface area contributed by atoms with E-state index in [1.165, 1.54) is 18.2 Å². The normalized spacial score (nSPS) is 11.4. The van der Waals surface area contributed by atoms with Gasteiger partial charge in [0.1, 0.15) is 12.0 Å². The number of aryl methyl sites for hydroxylation is 1. The van der Waals surface area contributed by atoms with Gasteiger partial charge in [-0.05, 0) is 48.9 Å². The fourth-order valence-electron chi connectivity index (χ4n) is 2.25. The molecule has 0 spiro atoms. The lowest BCUT2D eigenvalue weighted by Crippen LogP contribution is -2.12. The van der Waals surface area contributed by atoms with Gasteiger partial charge >= 0.3 is 6.18 Å². The van der Waals surface area contributed by atoms with Crippen LogP contribution in [0.4, 0.5) is 18.9 Å². The Labute approximate surface area is 146 Å². The predicted molar refractivity (Wildman–Crippen MR) is 87.7 cm³/mol. The summed E-state index contributed by atoms with van der Waals surface area (Å²) in [4.78, 5) is 16.2. The van der Waals surface area contributed by atoms with E-state index < -0.39 is 17.6 Å². The second-order valence-corrected chi connectivity index (χ2v) is 5.59. The zero-order chi connectivity index (χ0) is 18.9. The van der Waals surface area contributed by atoms with E-state index in [0.717, 1.165) is 24.0 Å². The highest BCUT2D eigenvalue weighted by molar-refractivity contribution is 6.03. The highest BCUT2D eigenvalue weighted by Gasteiger charge is 2.30. The van der Waals surface area contributed by atoms with Crippen LogP contribution in [-0.2, 0) is 6.18 Å². The molecule has 0 aliphatic rings. The van der Waals surface area contributed by atoms with Crippen LogP contribution < -0.4 is 5.32 Å². The molecule has 0 saturated heterocycles. The van der Waals surface area contributed by atoms with Crippen molar-refractivity contribution >= 4 is 11.6 Å². The summed E-state index contributed by atoms with van der Waals surface area (Å²) in [5.74, 6) is -0.708. The molecule has 1 aromatic heterocycles. The number of nitrogens with one attached hydrogen (secondary N) is 1. The average Bonchev–Trinajstić information content (AvgIpc) is 3.08. The Hall–Kier alpha value is -3.29. The molecule has 0 fully saturated rings. The Morgan fingerprint density at radius 1 is 1.15 bits per heavy atom. The highest BCUT2D eigenvalue weighted by atomic mass is 19.4. The summed E-state index contributed by atoms with van der Waals surface area (Å²) in [5, 5.41) is 12.3. The Morgan fingerprint density at radius 3 is 2.50 bits per heavy atom. The zero-order valence-electron chi connectivity index (χ0n) is 13.5. The summed E-state index contributed by atoms with van der Waals surface area (Å²) < 4.78 is 42.9. The maximum atomic E-state index is 12.6. The molecule has 0 atom stereocenters. The summed E-state index contributed by atoms with van der Waals surface area (Å²) >= 11 is 0. The lowest BCUT2D eigenvalue weighted by Gasteiger charge is -2.06. The minimum absolute atomic E-state index is 0.0114. The molecule has 8 heteroatoms. The third-order valence-electron chi connectivity index (χ3n) is 3.60. The van der Waals surface area contributed by atoms with Crippen molar-refractivity contribution in [3.05, 3.63) is 65.5 Å². The number of anilines is 1. The first-order valence-electron chi connectivity index (χ1n) is 7.48. The van der Waals surface area contributed by atoms with Crippen molar-refractivity contribution in [2.45, 2.75) is 13.1 Å². The van der Waals surface area contributed by atoms with Crippen molar-refractivity contribution < 1.29 is 27.5 Å². The Balaban J connectivity index is 1.79. The van der Waals surface area contributed by atoms with Gasteiger partial charge in [-0.3, -0.25) is 4.79 Å². The molecule has 26 heavy (non-hydrogen) atoms. The third kappa shape index (κ3) is 3.69. The Morgan fingerprint density at radius 2 is 1.85 bits per heavy atom. The zero-order valence-corrected chi connectivity index (χ0v) is 13.5. The molecule has 3 rings (SSSR count). The van der Waals surface area contributed by atoms with E-state index in [9.17, 15) is 23.1 Å². The van der Waals surface area contributed by atoms with Crippen molar-refractivity contribution in [2.24, 2.45) is 0 Å². The van der Waals surface area contributed by atoms with E-state index >= 15 is 0 Å². The molecule has 0 aliphatic carbocycles. The van der Waals surface area contributed by atoms with Gasteiger partial charge in [-0.2, -0.15) is 13.2 Å². The molecule has 5 nitrogen and oxygen atoms in total. The second-order valence-electron chi connectivity index (χ2n) is 5.59. The number of aromatic hydroxyl groups is 1. The number of alkyl halides is 3. The lowest BCUT2D eigenvalue weighted by molar-refractivity contribution is -0.137. The Kier molecular flexibility index (Phi) is 4.41. The van der Waals surface area contributed by atoms with Gasteiger partial charge in [-0.15, -0.1) is 0 Å². The number of benzene rings is 2. The monoisotopic (exact) mass is 362 g/mol. The number of oxazole rings is 1. The van der Waals surface area contributed by atoms with Gasteiger partial charge in [0.05, 0.1) is 11.3 Å². The number of nitrogens with zero attached hydrogens (tertiary/aromatic N) is 1. The first kappa shape index (κ1) is 17.5. The number of hydrogen-bond donors (Lipinski definition) is 2. The third-order valence-corrected chi connectivity index (χ3v) is 3.60. The maximum absolute atomic E-state index is 12.6. The standard InChI is InChI=1S/C18H13F3N2O3/c1-10-2-7-15(24)13(8-10)22-16(25)14-9-26-17(23-14)11-3-5-12(6-4-11)18(19,20)21/h2-9,24H,1H3,(H,22,25). The number of aromatic nitrogens is 1. The van der Waals surface area contributed by atoms with Gasteiger partial charge in [0.2, 0.25) is 5.89 Å². The van der Waals surface area contributed by atoms with Gasteiger partial charge in [-0.1, -0.05) is 6.07 Å². The van der Waals surface area contributed by atoms with Crippen LogP contribution >= 0.6 is 0 Å². The van der Waals surface area contributed by atoms with Crippen molar-refractivity contribution in [2.75, 3.05) is 5.32 Å². The number of phenols is 1. The molecular weight excluding hydrogens is 349 g/mol. The van der Waals surface area contributed by atoms with E-state index in [2.05, 4.69) is 10.3 Å². The van der Waals surface area contributed by atoms with Crippen molar-refractivity contribution in [1.29, 1.82) is 0 Å². The minimum atomic E-state index is -4.43. The van der Waals surface area contributed by atoms with Crippen LogP contribution in [0.5, 0.6) is 5.75 Å². The fourth-order valence-corrected chi connectivity index (χ4v) is 2.25. The molecule has 0 unspecified atom stereocenters. The number of carbonyl (C=O) groups excluding carboxylic acids is 1. The molecule has 0 bridgehead atoms. The van der Waals surface area contributed by atoms with Gasteiger partial charge < -0.3 is 14.8 Å². The average molecular weight is 362 g/mol. The molecule has 1 amide bonds. The molecule has 3 aromatic rings. The lowest BCUT2D eigenvalue weighted by atomic mass is 10.1. The molecule has 0 aliphatic heterocycles. The first-order chi connectivity index (χ1) is 12.2. The van der Waals surface area contributed by atoms with E-state index in [-0.39, 0.29) is 23.0 Å². The maximum Gasteiger partial charge on any atom is 0.416 e. The van der Waals surface area contributed by atoms with Crippen LogP contribution in [0.3, 0.4) is 0 Å². The van der Waals surface area contributed by atoms with E-state index in [0.29, 0.717) is 5.56 Å². The summed E-state index contributed by atoms with van der Waals surface area (Å²) in [7, 11) is 0. The van der Waals surface area contributed by atoms with Crippen LogP contribution in [-0.4, -0.2) is 16.0 Å².